The molecule has 1 saturated heterocycles. The maximum absolute atomic E-state index is 12.1. The molecule has 0 unspecified atom stereocenters. The van der Waals surface area contributed by atoms with E-state index in [-0.39, 0.29) is 18.2 Å². The summed E-state index contributed by atoms with van der Waals surface area (Å²) in [5.74, 6) is -0.436. The lowest BCUT2D eigenvalue weighted by Crippen LogP contribution is -2.28. The standard InChI is InChI=1S/C15H16ClN3O2S/c1-3-7-17-15-19-14(21)12(22-15)8-13(20)18-11-6-4-5-10(16)9(11)2/h3-6,12H,1,7-8H2,2H3,(H,18,20)(H,17,19,21)/t12-/m0/s1. The number of nitrogens with one attached hydrogen (secondary N) is 2. The molecule has 0 aliphatic carbocycles. The van der Waals surface area contributed by atoms with Crippen molar-refractivity contribution >= 4 is 46.0 Å². The highest BCUT2D eigenvalue weighted by Gasteiger charge is 2.31. The van der Waals surface area contributed by atoms with Gasteiger partial charge in [-0.2, -0.15) is 0 Å². The Kier molecular flexibility index (Phi) is 5.63. The molecule has 0 saturated carbocycles. The largest absolute Gasteiger partial charge is 0.326 e. The first-order chi connectivity index (χ1) is 10.5. The first-order valence-corrected chi connectivity index (χ1v) is 7.95. The van der Waals surface area contributed by atoms with Crippen molar-refractivity contribution in [3.8, 4) is 0 Å². The Balaban J connectivity index is 1.96. The van der Waals surface area contributed by atoms with Gasteiger partial charge in [-0.3, -0.25) is 14.6 Å². The summed E-state index contributed by atoms with van der Waals surface area (Å²) in [5, 5.41) is 6.08. The minimum absolute atomic E-state index is 0.0789. The minimum atomic E-state index is -0.469. The molecule has 1 fully saturated rings. The number of anilines is 1. The number of nitrogens with zero attached hydrogens (tertiary/aromatic N) is 1. The molecule has 2 N–H and O–H groups in total. The highest BCUT2D eigenvalue weighted by molar-refractivity contribution is 8.15. The van der Waals surface area contributed by atoms with E-state index in [9.17, 15) is 9.59 Å². The fourth-order valence-corrected chi connectivity index (χ4v) is 3.03. The molecule has 116 valence electrons. The van der Waals surface area contributed by atoms with Crippen LogP contribution in [0.5, 0.6) is 0 Å². The topological polar surface area (TPSA) is 70.6 Å². The summed E-state index contributed by atoms with van der Waals surface area (Å²) < 4.78 is 0. The lowest BCUT2D eigenvalue weighted by atomic mass is 10.2. The van der Waals surface area contributed by atoms with Crippen LogP contribution in [0.1, 0.15) is 12.0 Å². The monoisotopic (exact) mass is 337 g/mol. The second kappa shape index (κ2) is 7.47. The maximum Gasteiger partial charge on any atom is 0.240 e. The van der Waals surface area contributed by atoms with Gasteiger partial charge in [-0.15, -0.1) is 6.58 Å². The van der Waals surface area contributed by atoms with E-state index in [0.29, 0.717) is 22.4 Å². The number of halogens is 1. The molecular formula is C15H16ClN3O2S. The van der Waals surface area contributed by atoms with Gasteiger partial charge in [0.1, 0.15) is 5.25 Å². The Bertz CT molecular complexity index is 646. The van der Waals surface area contributed by atoms with Gasteiger partial charge in [0.15, 0.2) is 5.17 Å². The average molecular weight is 338 g/mol. The van der Waals surface area contributed by atoms with Gasteiger partial charge in [0.2, 0.25) is 11.8 Å². The van der Waals surface area contributed by atoms with Gasteiger partial charge in [0, 0.05) is 17.1 Å². The molecule has 2 rings (SSSR count). The van der Waals surface area contributed by atoms with Crippen LogP contribution in [0.3, 0.4) is 0 Å². The lowest BCUT2D eigenvalue weighted by Gasteiger charge is -2.10. The minimum Gasteiger partial charge on any atom is -0.326 e. The number of amides is 2. The fourth-order valence-electron chi connectivity index (χ4n) is 1.87. The van der Waals surface area contributed by atoms with Crippen LogP contribution >= 0.6 is 23.4 Å². The van der Waals surface area contributed by atoms with Crippen molar-refractivity contribution in [2.45, 2.75) is 18.6 Å². The van der Waals surface area contributed by atoms with Crippen LogP contribution in [0, 0.1) is 6.92 Å². The zero-order chi connectivity index (χ0) is 16.1. The molecule has 1 aromatic rings. The predicted molar refractivity (Wildman–Crippen MR) is 91.5 cm³/mol. The summed E-state index contributed by atoms with van der Waals surface area (Å²) in [4.78, 5) is 28.1. The highest BCUT2D eigenvalue weighted by atomic mass is 35.5. The second-order valence-electron chi connectivity index (χ2n) is 4.69. The summed E-state index contributed by atoms with van der Waals surface area (Å²) in [5.41, 5.74) is 1.45. The van der Waals surface area contributed by atoms with Gasteiger partial charge >= 0.3 is 0 Å². The summed E-state index contributed by atoms with van der Waals surface area (Å²) in [6.07, 6.45) is 1.72. The highest BCUT2D eigenvalue weighted by Crippen LogP contribution is 2.25. The summed E-state index contributed by atoms with van der Waals surface area (Å²) >= 11 is 7.27. The van der Waals surface area contributed by atoms with Crippen molar-refractivity contribution < 1.29 is 9.59 Å². The summed E-state index contributed by atoms with van der Waals surface area (Å²) in [7, 11) is 0. The summed E-state index contributed by atoms with van der Waals surface area (Å²) in [6.45, 7) is 5.83. The Morgan fingerprint density at radius 3 is 3.09 bits per heavy atom. The van der Waals surface area contributed by atoms with Crippen LogP contribution in [0.15, 0.2) is 35.8 Å². The van der Waals surface area contributed by atoms with Crippen LogP contribution in [0.25, 0.3) is 0 Å². The molecule has 5 nitrogen and oxygen atoms in total. The van der Waals surface area contributed by atoms with Gasteiger partial charge in [-0.05, 0) is 24.6 Å². The number of hydrogen-bond donors (Lipinski definition) is 2. The van der Waals surface area contributed by atoms with Gasteiger partial charge in [0.25, 0.3) is 0 Å². The normalized spacial score (nSPS) is 19.1. The van der Waals surface area contributed by atoms with E-state index in [0.717, 1.165) is 5.56 Å². The number of thioether (sulfide) groups is 1. The average Bonchev–Trinajstić information content (AvgIpc) is 2.82. The molecule has 1 aromatic carbocycles. The van der Waals surface area contributed by atoms with Crippen molar-refractivity contribution in [2.24, 2.45) is 4.99 Å². The SMILES string of the molecule is C=CCN=C1NC(=O)[C@H](CC(=O)Nc2cccc(Cl)c2C)S1. The third-order valence-electron chi connectivity index (χ3n) is 3.05. The Hall–Kier alpha value is -1.79. The van der Waals surface area contributed by atoms with Gasteiger partial charge in [-0.25, -0.2) is 0 Å². The third-order valence-corrected chi connectivity index (χ3v) is 4.58. The number of carbonyl (C=O) groups is 2. The van der Waals surface area contributed by atoms with Crippen molar-refractivity contribution in [3.63, 3.8) is 0 Å². The van der Waals surface area contributed by atoms with E-state index in [4.69, 9.17) is 11.6 Å². The van der Waals surface area contributed by atoms with Gasteiger partial charge in [-0.1, -0.05) is 35.5 Å². The van der Waals surface area contributed by atoms with Crippen LogP contribution < -0.4 is 10.6 Å². The smallest absolute Gasteiger partial charge is 0.240 e. The van der Waals surface area contributed by atoms with Crippen molar-refractivity contribution in [2.75, 3.05) is 11.9 Å². The molecule has 22 heavy (non-hydrogen) atoms. The molecule has 7 heteroatoms. The maximum atomic E-state index is 12.1. The van der Waals surface area contributed by atoms with Crippen LogP contribution in [0.4, 0.5) is 5.69 Å². The predicted octanol–water partition coefficient (Wildman–Crippen LogP) is 2.75. The molecule has 1 atom stereocenters. The van der Waals surface area contributed by atoms with Crippen LogP contribution in [0.2, 0.25) is 5.02 Å². The zero-order valence-corrected chi connectivity index (χ0v) is 13.6. The zero-order valence-electron chi connectivity index (χ0n) is 12.1. The third kappa shape index (κ3) is 4.11. The number of rotatable bonds is 5. The number of amidine groups is 1. The van der Waals surface area contributed by atoms with E-state index >= 15 is 0 Å². The first kappa shape index (κ1) is 16.6. The van der Waals surface area contributed by atoms with E-state index in [2.05, 4.69) is 22.2 Å². The Labute approximate surface area is 138 Å². The van der Waals surface area contributed by atoms with Crippen LogP contribution in [-0.4, -0.2) is 28.8 Å². The summed E-state index contributed by atoms with van der Waals surface area (Å²) in [6, 6.07) is 5.30. The van der Waals surface area contributed by atoms with Crippen LogP contribution in [-0.2, 0) is 9.59 Å². The van der Waals surface area contributed by atoms with Crippen molar-refractivity contribution in [3.05, 3.63) is 41.4 Å². The van der Waals surface area contributed by atoms with E-state index in [1.54, 1.807) is 24.3 Å². The quantitative estimate of drug-likeness (QED) is 0.812. The van der Waals surface area contributed by atoms with Crippen molar-refractivity contribution in [1.82, 2.24) is 5.32 Å². The molecule has 2 amide bonds. The molecule has 0 radical (unpaired) electrons. The fraction of sp³-hybridized carbons (Fsp3) is 0.267. The molecular weight excluding hydrogens is 322 g/mol. The number of carbonyl (C=O) groups excluding carboxylic acids is 2. The Morgan fingerprint density at radius 1 is 1.59 bits per heavy atom. The molecule has 1 aliphatic rings. The Morgan fingerprint density at radius 2 is 2.36 bits per heavy atom. The van der Waals surface area contributed by atoms with Crippen molar-refractivity contribution in [1.29, 1.82) is 0 Å². The molecule has 0 spiro atoms. The molecule has 1 heterocycles. The number of hydrogen-bond acceptors (Lipinski definition) is 4. The number of benzene rings is 1. The van der Waals surface area contributed by atoms with E-state index in [1.165, 1.54) is 11.8 Å². The van der Waals surface area contributed by atoms with Gasteiger partial charge < -0.3 is 10.6 Å². The molecule has 0 bridgehead atoms. The van der Waals surface area contributed by atoms with E-state index in [1.807, 2.05) is 6.92 Å². The second-order valence-corrected chi connectivity index (χ2v) is 6.29. The lowest BCUT2D eigenvalue weighted by molar-refractivity contribution is -0.122. The van der Waals surface area contributed by atoms with E-state index < -0.39 is 5.25 Å². The molecule has 0 aromatic heterocycles. The first-order valence-electron chi connectivity index (χ1n) is 6.69. The number of aliphatic imine (C=N–C) groups is 1. The molecule has 1 aliphatic heterocycles. The van der Waals surface area contributed by atoms with Gasteiger partial charge in [0.05, 0.1) is 6.54 Å².